The summed E-state index contributed by atoms with van der Waals surface area (Å²) in [5, 5.41) is 3.51. The number of halogens is 1. The maximum atomic E-state index is 13.6. The first kappa shape index (κ1) is 19.9. The molecule has 2 aromatic heterocycles. The topological polar surface area (TPSA) is 79.9 Å². The summed E-state index contributed by atoms with van der Waals surface area (Å²) in [5.41, 5.74) is 3.61. The van der Waals surface area contributed by atoms with Gasteiger partial charge in [-0.25, -0.2) is 14.4 Å². The second kappa shape index (κ2) is 8.96. The van der Waals surface area contributed by atoms with Crippen molar-refractivity contribution in [2.45, 2.75) is 11.9 Å². The number of anilines is 1. The van der Waals surface area contributed by atoms with Gasteiger partial charge in [-0.1, -0.05) is 23.9 Å². The van der Waals surface area contributed by atoms with Crippen LogP contribution in [0.3, 0.4) is 0 Å². The Bertz CT molecular complexity index is 1180. The van der Waals surface area contributed by atoms with Crippen molar-refractivity contribution in [2.75, 3.05) is 17.7 Å². The standard InChI is InChI=1S/C22H19FN4O2S/c1-2-29-17-8-6-16(7-9-17)27-19(28)12-30-22-21-20(25-13-26-22)18(11-24-21)14-4-3-5-15(23)10-14/h3-11,13,24H,2,12H2,1H3,(H,27,28). The molecule has 0 fully saturated rings. The number of hydrogen-bond acceptors (Lipinski definition) is 5. The second-order valence-electron chi connectivity index (χ2n) is 6.41. The van der Waals surface area contributed by atoms with Crippen LogP contribution in [-0.2, 0) is 4.79 Å². The molecule has 2 heterocycles. The molecule has 4 aromatic rings. The Morgan fingerprint density at radius 2 is 2.03 bits per heavy atom. The van der Waals surface area contributed by atoms with Crippen LogP contribution in [0.1, 0.15) is 6.92 Å². The van der Waals surface area contributed by atoms with Crippen molar-refractivity contribution in [3.05, 3.63) is 66.9 Å². The lowest BCUT2D eigenvalue weighted by Crippen LogP contribution is -2.14. The first-order valence-corrected chi connectivity index (χ1v) is 10.4. The number of carbonyl (C=O) groups is 1. The summed E-state index contributed by atoms with van der Waals surface area (Å²) >= 11 is 1.31. The fourth-order valence-electron chi connectivity index (χ4n) is 3.03. The summed E-state index contributed by atoms with van der Waals surface area (Å²) in [6.07, 6.45) is 3.23. The number of amides is 1. The summed E-state index contributed by atoms with van der Waals surface area (Å²) in [7, 11) is 0. The molecular formula is C22H19FN4O2S. The molecular weight excluding hydrogens is 403 g/mol. The molecule has 0 aliphatic heterocycles. The van der Waals surface area contributed by atoms with E-state index in [9.17, 15) is 9.18 Å². The van der Waals surface area contributed by atoms with Crippen LogP contribution in [0.4, 0.5) is 10.1 Å². The molecule has 1 amide bonds. The summed E-state index contributed by atoms with van der Waals surface area (Å²) in [6.45, 7) is 2.51. The maximum Gasteiger partial charge on any atom is 0.234 e. The van der Waals surface area contributed by atoms with Gasteiger partial charge in [0, 0.05) is 17.4 Å². The van der Waals surface area contributed by atoms with Crippen molar-refractivity contribution in [2.24, 2.45) is 0 Å². The second-order valence-corrected chi connectivity index (χ2v) is 7.37. The minimum absolute atomic E-state index is 0.146. The molecule has 30 heavy (non-hydrogen) atoms. The lowest BCUT2D eigenvalue weighted by atomic mass is 10.1. The average Bonchev–Trinajstić information content (AvgIpc) is 3.19. The molecule has 0 saturated heterocycles. The normalized spacial score (nSPS) is 10.9. The largest absolute Gasteiger partial charge is 0.494 e. The predicted molar refractivity (Wildman–Crippen MR) is 116 cm³/mol. The molecule has 0 aliphatic carbocycles. The molecule has 0 unspecified atom stereocenters. The number of nitrogens with zero attached hydrogens (tertiary/aromatic N) is 2. The predicted octanol–water partition coefficient (Wildman–Crippen LogP) is 4.89. The van der Waals surface area contributed by atoms with Crippen LogP contribution in [0.5, 0.6) is 5.75 Å². The van der Waals surface area contributed by atoms with E-state index in [4.69, 9.17) is 4.74 Å². The van der Waals surface area contributed by atoms with Crippen LogP contribution in [0.25, 0.3) is 22.2 Å². The highest BCUT2D eigenvalue weighted by molar-refractivity contribution is 8.00. The molecule has 4 rings (SSSR count). The van der Waals surface area contributed by atoms with Crippen molar-refractivity contribution < 1.29 is 13.9 Å². The molecule has 0 spiro atoms. The van der Waals surface area contributed by atoms with Crippen molar-refractivity contribution in [3.63, 3.8) is 0 Å². The number of aromatic nitrogens is 3. The quantitative estimate of drug-likeness (QED) is 0.327. The Hall–Kier alpha value is -3.39. The Balaban J connectivity index is 1.46. The number of benzene rings is 2. The zero-order valence-electron chi connectivity index (χ0n) is 16.2. The zero-order chi connectivity index (χ0) is 20.9. The molecule has 8 heteroatoms. The van der Waals surface area contributed by atoms with E-state index in [0.29, 0.717) is 22.8 Å². The van der Waals surface area contributed by atoms with Crippen LogP contribution >= 0.6 is 11.8 Å². The minimum Gasteiger partial charge on any atom is -0.494 e. The third-order valence-electron chi connectivity index (χ3n) is 4.35. The number of aromatic amines is 1. The number of rotatable bonds is 7. The molecule has 6 nitrogen and oxygen atoms in total. The highest BCUT2D eigenvalue weighted by atomic mass is 32.2. The van der Waals surface area contributed by atoms with Gasteiger partial charge in [-0.2, -0.15) is 0 Å². The molecule has 0 bridgehead atoms. The Labute approximate surface area is 176 Å². The third-order valence-corrected chi connectivity index (χ3v) is 5.34. The number of hydrogen-bond donors (Lipinski definition) is 2. The van der Waals surface area contributed by atoms with Gasteiger partial charge in [0.15, 0.2) is 0 Å². The lowest BCUT2D eigenvalue weighted by Gasteiger charge is -2.07. The van der Waals surface area contributed by atoms with Gasteiger partial charge in [-0.05, 0) is 48.9 Å². The molecule has 152 valence electrons. The van der Waals surface area contributed by atoms with Crippen molar-refractivity contribution >= 4 is 34.4 Å². The SMILES string of the molecule is CCOc1ccc(NC(=O)CSc2ncnc3c(-c4cccc(F)c4)c[nH]c23)cc1. The number of nitrogens with one attached hydrogen (secondary N) is 2. The number of fused-ring (bicyclic) bond motifs is 1. The van der Waals surface area contributed by atoms with E-state index < -0.39 is 0 Å². The van der Waals surface area contributed by atoms with Crippen LogP contribution in [0.15, 0.2) is 66.1 Å². The third kappa shape index (κ3) is 4.44. The summed E-state index contributed by atoms with van der Waals surface area (Å²) in [6, 6.07) is 13.6. The Morgan fingerprint density at radius 3 is 2.80 bits per heavy atom. The van der Waals surface area contributed by atoms with Crippen molar-refractivity contribution in [1.29, 1.82) is 0 Å². The maximum absolute atomic E-state index is 13.6. The van der Waals surface area contributed by atoms with E-state index in [2.05, 4.69) is 20.3 Å². The summed E-state index contributed by atoms with van der Waals surface area (Å²) in [4.78, 5) is 24.1. The van der Waals surface area contributed by atoms with Crippen LogP contribution in [0, 0.1) is 5.82 Å². The van der Waals surface area contributed by atoms with Crippen molar-refractivity contribution in [1.82, 2.24) is 15.0 Å². The fraction of sp³-hybridized carbons (Fsp3) is 0.136. The number of carbonyl (C=O) groups excluding carboxylic acids is 1. The molecule has 0 saturated carbocycles. The minimum atomic E-state index is -0.309. The molecule has 0 atom stereocenters. The van der Waals surface area contributed by atoms with Crippen LogP contribution in [0.2, 0.25) is 0 Å². The van der Waals surface area contributed by atoms with Crippen molar-refractivity contribution in [3.8, 4) is 16.9 Å². The van der Waals surface area contributed by atoms with Gasteiger partial charge in [-0.3, -0.25) is 4.79 Å². The molecule has 0 radical (unpaired) electrons. The number of thioether (sulfide) groups is 1. The smallest absolute Gasteiger partial charge is 0.234 e. The van der Waals surface area contributed by atoms with Gasteiger partial charge in [0.2, 0.25) is 5.91 Å². The first-order chi connectivity index (χ1) is 14.6. The average molecular weight is 422 g/mol. The highest BCUT2D eigenvalue weighted by Gasteiger charge is 2.14. The van der Waals surface area contributed by atoms with Gasteiger partial charge in [0.05, 0.1) is 17.9 Å². The highest BCUT2D eigenvalue weighted by Crippen LogP contribution is 2.31. The van der Waals surface area contributed by atoms with Crippen LogP contribution < -0.4 is 10.1 Å². The van der Waals surface area contributed by atoms with Gasteiger partial charge in [0.1, 0.15) is 28.4 Å². The van der Waals surface area contributed by atoms with E-state index in [1.165, 1.54) is 30.2 Å². The Kier molecular flexibility index (Phi) is 5.94. The van der Waals surface area contributed by atoms with Gasteiger partial charge in [-0.15, -0.1) is 0 Å². The fourth-order valence-corrected chi connectivity index (χ4v) is 3.80. The van der Waals surface area contributed by atoms with Crippen LogP contribution in [-0.4, -0.2) is 33.2 Å². The van der Waals surface area contributed by atoms with E-state index >= 15 is 0 Å². The van der Waals surface area contributed by atoms with E-state index in [1.54, 1.807) is 24.4 Å². The molecule has 0 aliphatic rings. The van der Waals surface area contributed by atoms with Gasteiger partial charge < -0.3 is 15.0 Å². The van der Waals surface area contributed by atoms with Gasteiger partial charge >= 0.3 is 0 Å². The molecule has 2 aromatic carbocycles. The Morgan fingerprint density at radius 1 is 1.20 bits per heavy atom. The lowest BCUT2D eigenvalue weighted by molar-refractivity contribution is -0.113. The number of H-pyrrole nitrogens is 1. The van der Waals surface area contributed by atoms with E-state index in [-0.39, 0.29) is 17.5 Å². The summed E-state index contributed by atoms with van der Waals surface area (Å²) < 4.78 is 19.0. The number of ether oxygens (including phenoxy) is 1. The van der Waals surface area contributed by atoms with Gasteiger partial charge in [0.25, 0.3) is 0 Å². The summed E-state index contributed by atoms with van der Waals surface area (Å²) in [5.74, 6) is 0.492. The van der Waals surface area contributed by atoms with E-state index in [1.807, 2.05) is 25.1 Å². The molecule has 2 N–H and O–H groups in total. The van der Waals surface area contributed by atoms with E-state index in [0.717, 1.165) is 22.4 Å². The monoisotopic (exact) mass is 422 g/mol. The first-order valence-electron chi connectivity index (χ1n) is 9.37. The zero-order valence-corrected chi connectivity index (χ0v) is 17.0.